The van der Waals surface area contributed by atoms with E-state index in [4.69, 9.17) is 32.5 Å². The summed E-state index contributed by atoms with van der Waals surface area (Å²) in [6, 6.07) is 20.3. The van der Waals surface area contributed by atoms with E-state index in [1.165, 1.54) is 13.8 Å². The van der Waals surface area contributed by atoms with Crippen LogP contribution in [-0.4, -0.2) is 112 Å². The van der Waals surface area contributed by atoms with E-state index in [9.17, 15) is 24.3 Å². The summed E-state index contributed by atoms with van der Waals surface area (Å²) >= 11 is 0. The summed E-state index contributed by atoms with van der Waals surface area (Å²) < 4.78 is 47.0. The highest BCUT2D eigenvalue weighted by atomic mass is 28.4. The van der Waals surface area contributed by atoms with E-state index in [0.29, 0.717) is 53.0 Å². The average Bonchev–Trinajstić information content (AvgIpc) is 3.38. The van der Waals surface area contributed by atoms with Crippen molar-refractivity contribution in [2.24, 2.45) is 16.7 Å². The van der Waals surface area contributed by atoms with Crippen LogP contribution in [0.4, 0.5) is 0 Å². The molecule has 0 radical (unpaired) electrons. The summed E-state index contributed by atoms with van der Waals surface area (Å²) in [5, 5.41) is 17.5. The van der Waals surface area contributed by atoms with E-state index < -0.39 is 129 Å². The molecule has 2 aromatic rings. The Morgan fingerprint density at radius 2 is 1.38 bits per heavy atom. The van der Waals surface area contributed by atoms with Crippen LogP contribution in [0.25, 0.3) is 0 Å². The SMILES string of the molecule is C/C=C(\C)C(=O)N[C@@H](c1ccccc1)[C@@H](O[Si](CC)(CC)CC)C(=O)O[C@H]1C[C@@]2(O)[C@@H](OC(=O)c3ccccc3)[C@@H]3[C@]4(OC(C)=O)CO[C@@H]4C[C@H](O[Si](CC)(CC)CC)[C@@]3(C)C(=O)[C@H](OC(C)=O)C(=C1C)C2(C)C. The lowest BCUT2D eigenvalue weighted by molar-refractivity contribution is -0.344. The molecule has 17 heteroatoms. The Bertz CT molecular complexity index is 2450. The first-order valence-corrected chi connectivity index (χ1v) is 31.7. The van der Waals surface area contributed by atoms with E-state index in [1.807, 2.05) is 26.8 Å². The fourth-order valence-corrected chi connectivity index (χ4v) is 18.3. The lowest BCUT2D eigenvalue weighted by atomic mass is 9.44. The van der Waals surface area contributed by atoms with Crippen LogP contribution in [0.3, 0.4) is 0 Å². The molecule has 15 nitrogen and oxygen atoms in total. The summed E-state index contributed by atoms with van der Waals surface area (Å²) in [4.78, 5) is 88.1. The Morgan fingerprint density at radius 3 is 1.88 bits per heavy atom. The molecule has 2 N–H and O–H groups in total. The second-order valence-electron chi connectivity index (χ2n) is 21.6. The molecule has 74 heavy (non-hydrogen) atoms. The van der Waals surface area contributed by atoms with Crippen molar-refractivity contribution in [1.82, 2.24) is 5.32 Å². The molecule has 1 saturated heterocycles. The van der Waals surface area contributed by atoms with E-state index in [-0.39, 0.29) is 24.2 Å². The van der Waals surface area contributed by atoms with Crippen LogP contribution in [-0.2, 0) is 56.5 Å². The molecule has 6 rings (SSSR count). The van der Waals surface area contributed by atoms with Gasteiger partial charge in [0.25, 0.3) is 0 Å². The molecule has 2 bridgehead atoms. The monoisotopic (exact) mass is 1060 g/mol. The van der Waals surface area contributed by atoms with Gasteiger partial charge in [-0.2, -0.15) is 0 Å². The molecule has 2 aromatic carbocycles. The van der Waals surface area contributed by atoms with Crippen LogP contribution < -0.4 is 5.32 Å². The molecule has 0 spiro atoms. The predicted octanol–water partition coefficient (Wildman–Crippen LogP) is 9.45. The number of amides is 1. The van der Waals surface area contributed by atoms with Crippen molar-refractivity contribution in [2.75, 3.05) is 6.61 Å². The standard InChI is InChI=1S/C57H81NO14Si2/c1-15-35(8)51(62)58-45(39-28-24-22-25-29-39)47(72-74(19-5,20-6)21-7)53(64)68-41-33-57(65)50(69-52(63)40-30-26-23-27-31-40)48-55(14,49(61)46(67-37(10)59)44(36(41)9)54(57,12)13)42(71-73(16-2,17-3)18-4)32-43-56(48,34-66-43)70-38(11)60/h15,22-31,41-43,45-48,50,65H,16-21,32-34H2,1-14H3,(H,58,62)/b35-15+/t41-,42-,43+,45-,46+,47+,48-,50-,55+,56-,57+/m0/s1. The van der Waals surface area contributed by atoms with Gasteiger partial charge in [0.2, 0.25) is 5.91 Å². The Balaban J connectivity index is 1.67. The summed E-state index contributed by atoms with van der Waals surface area (Å²) in [6.45, 7) is 24.6. The minimum absolute atomic E-state index is 0.0964. The average molecular weight is 1060 g/mol. The van der Waals surface area contributed by atoms with Gasteiger partial charge in [0.1, 0.15) is 23.9 Å². The summed E-state index contributed by atoms with van der Waals surface area (Å²) in [5.74, 6) is -5.64. The molecule has 406 valence electrons. The number of carbonyl (C=O) groups is 6. The number of carbonyl (C=O) groups excluding carboxylic acids is 6. The number of allylic oxidation sites excluding steroid dienone is 1. The van der Waals surface area contributed by atoms with Crippen molar-refractivity contribution in [3.8, 4) is 0 Å². The Morgan fingerprint density at radius 1 is 0.811 bits per heavy atom. The topological polar surface area (TPSA) is 199 Å². The van der Waals surface area contributed by atoms with E-state index in [1.54, 1.807) is 102 Å². The van der Waals surface area contributed by atoms with Crippen LogP contribution in [0, 0.1) is 16.7 Å². The predicted molar refractivity (Wildman–Crippen MR) is 283 cm³/mol. The molecule has 3 aliphatic carbocycles. The van der Waals surface area contributed by atoms with E-state index in [0.717, 1.165) is 0 Å². The zero-order chi connectivity index (χ0) is 54.8. The first-order chi connectivity index (χ1) is 34.9. The van der Waals surface area contributed by atoms with Crippen molar-refractivity contribution in [3.63, 3.8) is 0 Å². The number of benzene rings is 2. The van der Waals surface area contributed by atoms with E-state index in [2.05, 4.69) is 26.1 Å². The van der Waals surface area contributed by atoms with Crippen molar-refractivity contribution in [1.29, 1.82) is 0 Å². The van der Waals surface area contributed by atoms with Gasteiger partial charge >= 0.3 is 23.9 Å². The number of Topliss-reactive ketones (excluding diaryl/α,β-unsaturated/α-hetero) is 1. The van der Waals surface area contributed by atoms with Crippen molar-refractivity contribution >= 4 is 52.2 Å². The highest BCUT2D eigenvalue weighted by molar-refractivity contribution is 6.74. The van der Waals surface area contributed by atoms with Crippen molar-refractivity contribution in [3.05, 3.63) is 94.6 Å². The summed E-state index contributed by atoms with van der Waals surface area (Å²) in [7, 11) is -5.36. The smallest absolute Gasteiger partial charge is 0.338 e. The first-order valence-electron chi connectivity index (χ1n) is 26.7. The zero-order valence-electron chi connectivity index (χ0n) is 46.1. The lowest BCUT2D eigenvalue weighted by Crippen LogP contribution is -2.82. The second-order valence-corrected chi connectivity index (χ2v) is 31.1. The third-order valence-electron chi connectivity index (χ3n) is 17.8. The highest BCUT2D eigenvalue weighted by Gasteiger charge is 2.79. The van der Waals surface area contributed by atoms with Gasteiger partial charge in [-0.3, -0.25) is 19.2 Å². The van der Waals surface area contributed by atoms with Gasteiger partial charge < -0.3 is 43.0 Å². The molecule has 3 fully saturated rings. The van der Waals surface area contributed by atoms with Gasteiger partial charge in [0, 0.05) is 37.7 Å². The molecule has 4 aliphatic rings. The van der Waals surface area contributed by atoms with Gasteiger partial charge in [0.15, 0.2) is 40.2 Å². The molecular weight excluding hydrogens is 979 g/mol. The molecule has 0 aromatic heterocycles. The number of hydrogen-bond donors (Lipinski definition) is 2. The number of aliphatic hydroxyl groups is 1. The molecule has 1 amide bonds. The van der Waals surface area contributed by atoms with Gasteiger partial charge in [-0.25, -0.2) is 9.59 Å². The first kappa shape index (κ1) is 58.5. The normalized spacial score (nSPS) is 29.4. The van der Waals surface area contributed by atoms with Gasteiger partial charge in [0.05, 0.1) is 35.6 Å². The largest absolute Gasteiger partial charge is 0.456 e. The maximum atomic E-state index is 16.6. The molecule has 1 heterocycles. The number of ketones is 1. The minimum Gasteiger partial charge on any atom is -0.456 e. The number of rotatable bonds is 20. The van der Waals surface area contributed by atoms with E-state index >= 15 is 9.59 Å². The Labute approximate surface area is 440 Å². The molecule has 0 unspecified atom stereocenters. The fraction of sp³-hybridized carbons (Fsp3) is 0.614. The number of fused-ring (bicyclic) bond motifs is 5. The lowest BCUT2D eigenvalue weighted by Gasteiger charge is -2.68. The number of ether oxygens (including phenoxy) is 5. The van der Waals surface area contributed by atoms with Gasteiger partial charge in [-0.1, -0.05) is 110 Å². The zero-order valence-corrected chi connectivity index (χ0v) is 48.1. The van der Waals surface area contributed by atoms with Crippen molar-refractivity contribution in [2.45, 2.75) is 200 Å². The van der Waals surface area contributed by atoms with Gasteiger partial charge in [-0.05, 0) is 92.8 Å². The summed E-state index contributed by atoms with van der Waals surface area (Å²) in [5.41, 5.74) is -5.81. The van der Waals surface area contributed by atoms with Crippen LogP contribution >= 0.6 is 0 Å². The number of esters is 4. The number of nitrogens with one attached hydrogen (secondary N) is 1. The van der Waals surface area contributed by atoms with Crippen LogP contribution in [0.1, 0.15) is 132 Å². The van der Waals surface area contributed by atoms with Crippen molar-refractivity contribution < 1.29 is 66.4 Å². The maximum Gasteiger partial charge on any atom is 0.338 e. The minimum atomic E-state index is -2.72. The second kappa shape index (κ2) is 22.8. The molecular formula is C57H81NO14Si2. The third kappa shape index (κ3) is 10.4. The fourth-order valence-electron chi connectivity index (χ4n) is 12.6. The molecule has 11 atom stereocenters. The third-order valence-corrected chi connectivity index (χ3v) is 27.1. The molecule has 1 aliphatic heterocycles. The van der Waals surface area contributed by atoms with Crippen LogP contribution in [0.15, 0.2) is 83.5 Å². The highest BCUT2D eigenvalue weighted by Crippen LogP contribution is 2.65. The maximum absolute atomic E-state index is 16.6. The quantitative estimate of drug-likeness (QED) is 0.0418. The van der Waals surface area contributed by atoms with Crippen LogP contribution in [0.5, 0.6) is 0 Å². The molecule has 2 saturated carbocycles. The Kier molecular flexibility index (Phi) is 18.0. The van der Waals surface area contributed by atoms with Crippen LogP contribution in [0.2, 0.25) is 36.3 Å². The van der Waals surface area contributed by atoms with Gasteiger partial charge in [-0.15, -0.1) is 0 Å². The summed E-state index contributed by atoms with van der Waals surface area (Å²) in [6.07, 6.45) is -6.71. The number of hydrogen-bond acceptors (Lipinski definition) is 14. The Hall–Kier alpha value is -4.79.